The summed E-state index contributed by atoms with van der Waals surface area (Å²) in [5, 5.41) is 0. The minimum absolute atomic E-state index is 0.00440. The zero-order valence-corrected chi connectivity index (χ0v) is 12.7. The molecule has 0 bridgehead atoms. The molecule has 1 aromatic heterocycles. The van der Waals surface area contributed by atoms with Gasteiger partial charge in [-0.3, -0.25) is 4.79 Å². The summed E-state index contributed by atoms with van der Waals surface area (Å²) in [5.74, 6) is 0.926. The number of halogens is 1. The molecule has 1 aliphatic heterocycles. The third-order valence-corrected chi connectivity index (χ3v) is 4.13. The SMILES string of the molecule is Cc1c(N)cc(Br)cc1C(=O)N1CCn2ccnc2C1. The molecule has 0 radical (unpaired) electrons. The van der Waals surface area contributed by atoms with E-state index in [2.05, 4.69) is 25.5 Å². The van der Waals surface area contributed by atoms with Crippen LogP contribution in [0.5, 0.6) is 0 Å². The van der Waals surface area contributed by atoms with Crippen LogP contribution in [0.1, 0.15) is 21.7 Å². The van der Waals surface area contributed by atoms with Crippen molar-refractivity contribution in [2.45, 2.75) is 20.0 Å². The van der Waals surface area contributed by atoms with Gasteiger partial charge in [0.2, 0.25) is 0 Å². The van der Waals surface area contributed by atoms with Crippen molar-refractivity contribution in [1.82, 2.24) is 14.5 Å². The maximum atomic E-state index is 12.7. The number of anilines is 1. The highest BCUT2D eigenvalue weighted by Crippen LogP contribution is 2.25. The summed E-state index contributed by atoms with van der Waals surface area (Å²) in [6.07, 6.45) is 3.71. The molecule has 0 fully saturated rings. The molecular weight excluding hydrogens is 320 g/mol. The molecular formula is C14H15BrN4O. The van der Waals surface area contributed by atoms with Crippen molar-refractivity contribution in [1.29, 1.82) is 0 Å². The van der Waals surface area contributed by atoms with Crippen LogP contribution in [0, 0.1) is 6.92 Å². The summed E-state index contributed by atoms with van der Waals surface area (Å²) >= 11 is 3.39. The van der Waals surface area contributed by atoms with E-state index in [-0.39, 0.29) is 5.91 Å². The lowest BCUT2D eigenvalue weighted by Crippen LogP contribution is -2.38. The summed E-state index contributed by atoms with van der Waals surface area (Å²) < 4.78 is 2.90. The molecule has 5 nitrogen and oxygen atoms in total. The molecule has 0 saturated heterocycles. The molecule has 1 aromatic carbocycles. The van der Waals surface area contributed by atoms with E-state index in [0.717, 1.165) is 22.4 Å². The van der Waals surface area contributed by atoms with Gasteiger partial charge in [0.25, 0.3) is 5.91 Å². The van der Waals surface area contributed by atoms with Crippen molar-refractivity contribution in [2.24, 2.45) is 0 Å². The first-order chi connectivity index (χ1) is 9.56. The number of amides is 1. The second-order valence-electron chi connectivity index (χ2n) is 4.93. The zero-order valence-electron chi connectivity index (χ0n) is 11.1. The molecule has 2 heterocycles. The average molecular weight is 335 g/mol. The van der Waals surface area contributed by atoms with Gasteiger partial charge in [0, 0.05) is 41.2 Å². The number of aromatic nitrogens is 2. The van der Waals surface area contributed by atoms with E-state index in [0.29, 0.717) is 24.3 Å². The minimum Gasteiger partial charge on any atom is -0.398 e. The van der Waals surface area contributed by atoms with Crippen LogP contribution in [0.3, 0.4) is 0 Å². The van der Waals surface area contributed by atoms with E-state index in [1.165, 1.54) is 0 Å². The fourth-order valence-electron chi connectivity index (χ4n) is 2.44. The number of fused-ring (bicyclic) bond motifs is 1. The van der Waals surface area contributed by atoms with E-state index < -0.39 is 0 Å². The fraction of sp³-hybridized carbons (Fsp3) is 0.286. The van der Waals surface area contributed by atoms with Gasteiger partial charge in [-0.25, -0.2) is 4.98 Å². The number of benzene rings is 1. The van der Waals surface area contributed by atoms with Crippen LogP contribution in [-0.4, -0.2) is 26.9 Å². The number of hydrogen-bond donors (Lipinski definition) is 1. The lowest BCUT2D eigenvalue weighted by Gasteiger charge is -2.28. The quantitative estimate of drug-likeness (QED) is 0.813. The monoisotopic (exact) mass is 334 g/mol. The molecule has 104 valence electrons. The second-order valence-corrected chi connectivity index (χ2v) is 5.85. The van der Waals surface area contributed by atoms with E-state index in [4.69, 9.17) is 5.73 Å². The normalized spacial score (nSPS) is 14.2. The van der Waals surface area contributed by atoms with Crippen LogP contribution in [0.2, 0.25) is 0 Å². The van der Waals surface area contributed by atoms with Crippen molar-refractivity contribution in [3.05, 3.63) is 46.0 Å². The van der Waals surface area contributed by atoms with Crippen LogP contribution in [0.4, 0.5) is 5.69 Å². The summed E-state index contributed by atoms with van der Waals surface area (Å²) in [4.78, 5) is 18.8. The molecule has 2 aromatic rings. The molecule has 0 aliphatic carbocycles. The van der Waals surface area contributed by atoms with Gasteiger partial charge < -0.3 is 15.2 Å². The molecule has 3 rings (SSSR count). The Balaban J connectivity index is 1.91. The van der Waals surface area contributed by atoms with E-state index in [1.54, 1.807) is 6.20 Å². The molecule has 2 N–H and O–H groups in total. The Morgan fingerprint density at radius 2 is 2.20 bits per heavy atom. The van der Waals surface area contributed by atoms with Crippen LogP contribution < -0.4 is 5.73 Å². The molecule has 1 amide bonds. The van der Waals surface area contributed by atoms with E-state index in [9.17, 15) is 4.79 Å². The van der Waals surface area contributed by atoms with Gasteiger partial charge >= 0.3 is 0 Å². The maximum Gasteiger partial charge on any atom is 0.254 e. The Hall–Kier alpha value is -1.82. The fourth-order valence-corrected chi connectivity index (χ4v) is 2.91. The summed E-state index contributed by atoms with van der Waals surface area (Å²) in [6.45, 7) is 3.88. The molecule has 0 saturated carbocycles. The van der Waals surface area contributed by atoms with Crippen LogP contribution in [0.25, 0.3) is 0 Å². The molecule has 1 aliphatic rings. The third kappa shape index (κ3) is 2.20. The largest absolute Gasteiger partial charge is 0.398 e. The highest BCUT2D eigenvalue weighted by Gasteiger charge is 2.24. The van der Waals surface area contributed by atoms with E-state index >= 15 is 0 Å². The lowest BCUT2D eigenvalue weighted by atomic mass is 10.1. The van der Waals surface area contributed by atoms with Gasteiger partial charge in [-0.05, 0) is 24.6 Å². The third-order valence-electron chi connectivity index (χ3n) is 3.68. The zero-order chi connectivity index (χ0) is 14.3. The second kappa shape index (κ2) is 4.94. The Bertz CT molecular complexity index is 680. The summed E-state index contributed by atoms with van der Waals surface area (Å²) in [7, 11) is 0. The Morgan fingerprint density at radius 1 is 1.40 bits per heavy atom. The van der Waals surface area contributed by atoms with Crippen LogP contribution in [-0.2, 0) is 13.1 Å². The number of carbonyl (C=O) groups is 1. The number of nitrogens with zero attached hydrogens (tertiary/aromatic N) is 3. The van der Waals surface area contributed by atoms with Crippen molar-refractivity contribution in [3.8, 4) is 0 Å². The van der Waals surface area contributed by atoms with Gasteiger partial charge in [-0.2, -0.15) is 0 Å². The molecule has 6 heteroatoms. The van der Waals surface area contributed by atoms with Gasteiger partial charge in [-0.1, -0.05) is 15.9 Å². The Morgan fingerprint density at radius 3 is 3.00 bits per heavy atom. The molecule has 0 atom stereocenters. The number of nitrogen functional groups attached to an aromatic ring is 1. The number of nitrogens with two attached hydrogens (primary N) is 1. The predicted molar refractivity (Wildman–Crippen MR) is 80.3 cm³/mol. The maximum absolute atomic E-state index is 12.7. The average Bonchev–Trinajstić information content (AvgIpc) is 2.89. The highest BCUT2D eigenvalue weighted by atomic mass is 79.9. The van der Waals surface area contributed by atoms with Crippen molar-refractivity contribution in [3.63, 3.8) is 0 Å². The number of rotatable bonds is 1. The van der Waals surface area contributed by atoms with Gasteiger partial charge in [0.05, 0.1) is 6.54 Å². The van der Waals surface area contributed by atoms with Crippen LogP contribution in [0.15, 0.2) is 29.0 Å². The van der Waals surface area contributed by atoms with Crippen molar-refractivity contribution in [2.75, 3.05) is 12.3 Å². The first kappa shape index (κ1) is 13.2. The number of imidazole rings is 1. The van der Waals surface area contributed by atoms with Crippen LogP contribution >= 0.6 is 15.9 Å². The highest BCUT2D eigenvalue weighted by molar-refractivity contribution is 9.10. The topological polar surface area (TPSA) is 64.2 Å². The van der Waals surface area contributed by atoms with Gasteiger partial charge in [-0.15, -0.1) is 0 Å². The first-order valence-corrected chi connectivity index (χ1v) is 7.20. The smallest absolute Gasteiger partial charge is 0.254 e. The minimum atomic E-state index is 0.00440. The lowest BCUT2D eigenvalue weighted by molar-refractivity contribution is 0.0707. The number of carbonyl (C=O) groups excluding carboxylic acids is 1. The summed E-state index contributed by atoms with van der Waals surface area (Å²) in [5.41, 5.74) is 8.03. The van der Waals surface area contributed by atoms with Gasteiger partial charge in [0.15, 0.2) is 0 Å². The predicted octanol–water partition coefficient (Wildman–Crippen LogP) is 2.19. The van der Waals surface area contributed by atoms with Crippen molar-refractivity contribution < 1.29 is 4.79 Å². The number of hydrogen-bond acceptors (Lipinski definition) is 3. The molecule has 0 unspecified atom stereocenters. The van der Waals surface area contributed by atoms with Crippen molar-refractivity contribution >= 4 is 27.5 Å². The Kier molecular flexibility index (Phi) is 3.25. The Labute approximate surface area is 125 Å². The molecule has 20 heavy (non-hydrogen) atoms. The van der Waals surface area contributed by atoms with E-state index in [1.807, 2.05) is 30.2 Å². The first-order valence-electron chi connectivity index (χ1n) is 6.41. The molecule has 0 spiro atoms. The standard InChI is InChI=1S/C14H15BrN4O/c1-9-11(6-10(15)7-12(9)16)14(20)19-5-4-18-3-2-17-13(18)8-19/h2-3,6-7H,4-5,8,16H2,1H3. The van der Waals surface area contributed by atoms with Gasteiger partial charge in [0.1, 0.15) is 5.82 Å². The summed E-state index contributed by atoms with van der Waals surface area (Å²) in [6, 6.07) is 3.64.